The van der Waals surface area contributed by atoms with E-state index in [4.69, 9.17) is 4.74 Å². The number of ether oxygens (including phenoxy) is 1. The lowest BCUT2D eigenvalue weighted by molar-refractivity contribution is -0.128. The van der Waals surface area contributed by atoms with Crippen molar-refractivity contribution in [3.8, 4) is 0 Å². The highest BCUT2D eigenvalue weighted by atomic mass is 16.5. The zero-order valence-corrected chi connectivity index (χ0v) is 19.7. The summed E-state index contributed by atoms with van der Waals surface area (Å²) < 4.78 is 7.60. The van der Waals surface area contributed by atoms with Gasteiger partial charge in [-0.1, -0.05) is 12.1 Å². The van der Waals surface area contributed by atoms with Crippen LogP contribution < -0.4 is 10.2 Å². The van der Waals surface area contributed by atoms with E-state index in [0.717, 1.165) is 57.1 Å². The summed E-state index contributed by atoms with van der Waals surface area (Å²) in [5.41, 5.74) is 2.70. The molecule has 2 aromatic rings. The van der Waals surface area contributed by atoms with Crippen molar-refractivity contribution in [1.29, 1.82) is 0 Å². The van der Waals surface area contributed by atoms with Crippen LogP contribution in [0.15, 0.2) is 24.3 Å². The van der Waals surface area contributed by atoms with Crippen LogP contribution in [0.3, 0.4) is 0 Å². The molecule has 5 rings (SSSR count). The number of benzene rings is 1. The van der Waals surface area contributed by atoms with Crippen LogP contribution in [0, 0.1) is 5.92 Å². The maximum Gasteiger partial charge on any atom is 0.223 e. The van der Waals surface area contributed by atoms with Crippen LogP contribution >= 0.6 is 0 Å². The first-order valence-corrected chi connectivity index (χ1v) is 12.5. The Hall–Kier alpha value is -2.45. The Labute approximate surface area is 196 Å². The van der Waals surface area contributed by atoms with Gasteiger partial charge in [0, 0.05) is 70.5 Å². The average Bonchev–Trinajstić information content (AvgIpc) is 3.48. The summed E-state index contributed by atoms with van der Waals surface area (Å²) >= 11 is 0. The second-order valence-electron chi connectivity index (χ2n) is 9.63. The monoisotopic (exact) mass is 452 g/mol. The molecular weight excluding hydrogens is 416 g/mol. The first-order chi connectivity index (χ1) is 16.2. The minimum atomic E-state index is -0.147. The van der Waals surface area contributed by atoms with Crippen molar-refractivity contribution in [2.24, 2.45) is 5.92 Å². The third kappa shape index (κ3) is 5.22. The zero-order chi connectivity index (χ0) is 22.6. The largest absolute Gasteiger partial charge is 0.381 e. The second-order valence-corrected chi connectivity index (χ2v) is 9.63. The van der Waals surface area contributed by atoms with Crippen LogP contribution in [0.1, 0.15) is 55.9 Å². The van der Waals surface area contributed by atoms with Crippen molar-refractivity contribution in [3.63, 3.8) is 0 Å². The molecule has 8 nitrogen and oxygen atoms in total. The predicted molar refractivity (Wildman–Crippen MR) is 127 cm³/mol. The van der Waals surface area contributed by atoms with Gasteiger partial charge in [-0.05, 0) is 50.3 Å². The number of anilines is 1. The molecule has 0 bridgehead atoms. The molecule has 3 aliphatic heterocycles. The number of amides is 1. The van der Waals surface area contributed by atoms with Crippen LogP contribution in [0.25, 0.3) is 0 Å². The Kier molecular flexibility index (Phi) is 6.92. The lowest BCUT2D eigenvalue weighted by Gasteiger charge is -2.24. The molecule has 178 valence electrons. The molecule has 2 saturated heterocycles. The summed E-state index contributed by atoms with van der Waals surface area (Å²) in [4.78, 5) is 17.6. The molecule has 8 heteroatoms. The molecule has 1 atom stereocenters. The summed E-state index contributed by atoms with van der Waals surface area (Å²) in [6, 6.07) is 8.95. The van der Waals surface area contributed by atoms with Crippen molar-refractivity contribution in [1.82, 2.24) is 25.0 Å². The van der Waals surface area contributed by atoms with E-state index in [1.165, 1.54) is 37.2 Å². The SMILES string of the molecule is C[C@H](NC(=O)C1CCOCC1)c1nnc2n1CCN(Cc1ccc(N3CCCC3)cc1)CC2. The Morgan fingerprint density at radius 2 is 1.82 bits per heavy atom. The molecule has 4 heterocycles. The highest BCUT2D eigenvalue weighted by Crippen LogP contribution is 2.22. The molecule has 0 unspecified atom stereocenters. The number of carbonyl (C=O) groups is 1. The Bertz CT molecular complexity index is 931. The van der Waals surface area contributed by atoms with Crippen molar-refractivity contribution >= 4 is 11.6 Å². The van der Waals surface area contributed by atoms with Crippen LogP contribution in [-0.4, -0.2) is 65.0 Å². The minimum absolute atomic E-state index is 0.0417. The maximum atomic E-state index is 12.7. The summed E-state index contributed by atoms with van der Waals surface area (Å²) in [7, 11) is 0. The highest BCUT2D eigenvalue weighted by Gasteiger charge is 2.26. The van der Waals surface area contributed by atoms with Gasteiger partial charge in [0.25, 0.3) is 0 Å². The van der Waals surface area contributed by atoms with Crippen molar-refractivity contribution in [2.75, 3.05) is 44.3 Å². The number of carbonyl (C=O) groups excluding carboxylic acids is 1. The fraction of sp³-hybridized carbons (Fsp3) is 0.640. The van der Waals surface area contributed by atoms with Gasteiger partial charge in [0.1, 0.15) is 5.82 Å². The van der Waals surface area contributed by atoms with E-state index >= 15 is 0 Å². The van der Waals surface area contributed by atoms with E-state index in [9.17, 15) is 4.79 Å². The lowest BCUT2D eigenvalue weighted by Crippen LogP contribution is -2.36. The number of rotatable bonds is 6. The molecule has 1 aromatic heterocycles. The van der Waals surface area contributed by atoms with E-state index in [0.29, 0.717) is 13.2 Å². The second kappa shape index (κ2) is 10.2. The van der Waals surface area contributed by atoms with Crippen LogP contribution in [0.5, 0.6) is 0 Å². The number of hydrogen-bond donors (Lipinski definition) is 1. The first-order valence-electron chi connectivity index (χ1n) is 12.5. The molecular formula is C25H36N6O2. The highest BCUT2D eigenvalue weighted by molar-refractivity contribution is 5.79. The molecule has 0 radical (unpaired) electrons. The molecule has 2 fully saturated rings. The lowest BCUT2D eigenvalue weighted by atomic mass is 9.99. The molecule has 0 spiro atoms. The summed E-state index contributed by atoms with van der Waals surface area (Å²) in [5.74, 6) is 2.03. The molecule has 1 N–H and O–H groups in total. The van der Waals surface area contributed by atoms with Crippen LogP contribution in [-0.2, 0) is 29.0 Å². The van der Waals surface area contributed by atoms with Gasteiger partial charge in [-0.3, -0.25) is 9.69 Å². The van der Waals surface area contributed by atoms with E-state index < -0.39 is 0 Å². The third-order valence-electron chi connectivity index (χ3n) is 7.30. The van der Waals surface area contributed by atoms with Gasteiger partial charge in [-0.25, -0.2) is 0 Å². The minimum Gasteiger partial charge on any atom is -0.381 e. The normalized spacial score (nSPS) is 20.9. The van der Waals surface area contributed by atoms with Crippen LogP contribution in [0.4, 0.5) is 5.69 Å². The number of hydrogen-bond acceptors (Lipinski definition) is 6. The number of aromatic nitrogens is 3. The predicted octanol–water partition coefficient (Wildman–Crippen LogP) is 2.54. The zero-order valence-electron chi connectivity index (χ0n) is 19.7. The van der Waals surface area contributed by atoms with Gasteiger partial charge < -0.3 is 19.5 Å². The van der Waals surface area contributed by atoms with Gasteiger partial charge in [0.15, 0.2) is 5.82 Å². The van der Waals surface area contributed by atoms with Gasteiger partial charge >= 0.3 is 0 Å². The summed E-state index contributed by atoms with van der Waals surface area (Å²) in [6.07, 6.45) is 5.08. The fourth-order valence-corrected chi connectivity index (χ4v) is 5.27. The van der Waals surface area contributed by atoms with E-state index in [2.05, 4.69) is 54.1 Å². The van der Waals surface area contributed by atoms with Gasteiger partial charge in [-0.15, -0.1) is 10.2 Å². The van der Waals surface area contributed by atoms with E-state index in [-0.39, 0.29) is 17.9 Å². The molecule has 0 aliphatic carbocycles. The topological polar surface area (TPSA) is 75.5 Å². The number of nitrogens with zero attached hydrogens (tertiary/aromatic N) is 5. The third-order valence-corrected chi connectivity index (χ3v) is 7.30. The Morgan fingerprint density at radius 1 is 1.06 bits per heavy atom. The van der Waals surface area contributed by atoms with Crippen molar-refractivity contribution in [2.45, 2.75) is 58.2 Å². The first kappa shape index (κ1) is 22.3. The van der Waals surface area contributed by atoms with E-state index in [1.54, 1.807) is 0 Å². The summed E-state index contributed by atoms with van der Waals surface area (Å²) in [5, 5.41) is 12.1. The number of nitrogens with one attached hydrogen (secondary N) is 1. The van der Waals surface area contributed by atoms with Crippen molar-refractivity contribution < 1.29 is 9.53 Å². The Morgan fingerprint density at radius 3 is 2.58 bits per heavy atom. The van der Waals surface area contributed by atoms with Gasteiger partial charge in [0.05, 0.1) is 6.04 Å². The average molecular weight is 453 g/mol. The smallest absolute Gasteiger partial charge is 0.223 e. The fourth-order valence-electron chi connectivity index (χ4n) is 5.27. The quantitative estimate of drug-likeness (QED) is 0.726. The number of fused-ring (bicyclic) bond motifs is 1. The standard InChI is InChI=1S/C25H36N6O2/c1-19(26-25(32)21-9-16-33-17-10-21)24-28-27-23-8-13-29(14-15-31(23)24)18-20-4-6-22(7-5-20)30-11-2-3-12-30/h4-7,19,21H,2-3,8-18H2,1H3,(H,26,32)/t19-/m0/s1. The molecule has 1 amide bonds. The van der Waals surface area contributed by atoms with Gasteiger partial charge in [0.2, 0.25) is 5.91 Å². The Balaban J connectivity index is 1.17. The molecule has 0 saturated carbocycles. The molecule has 3 aliphatic rings. The maximum absolute atomic E-state index is 12.7. The summed E-state index contributed by atoms with van der Waals surface area (Å²) in [6.45, 7) is 9.43. The molecule has 33 heavy (non-hydrogen) atoms. The van der Waals surface area contributed by atoms with E-state index in [1.807, 2.05) is 6.92 Å². The van der Waals surface area contributed by atoms with Crippen LogP contribution in [0.2, 0.25) is 0 Å². The van der Waals surface area contributed by atoms with Gasteiger partial charge in [-0.2, -0.15) is 0 Å². The van der Waals surface area contributed by atoms with Crippen molar-refractivity contribution in [3.05, 3.63) is 41.5 Å². The molecule has 1 aromatic carbocycles.